The van der Waals surface area contributed by atoms with Gasteiger partial charge in [0.15, 0.2) is 5.65 Å². The topological polar surface area (TPSA) is 90.6 Å². The van der Waals surface area contributed by atoms with Gasteiger partial charge in [-0.05, 0) is 50.1 Å². The first-order valence-electron chi connectivity index (χ1n) is 10.2. The number of methoxy groups -OCH3 is 1. The molecule has 0 aliphatic carbocycles. The van der Waals surface area contributed by atoms with Crippen molar-refractivity contribution in [2.45, 2.75) is 26.7 Å². The highest BCUT2D eigenvalue weighted by Gasteiger charge is 2.16. The van der Waals surface area contributed by atoms with Gasteiger partial charge in [0.2, 0.25) is 11.8 Å². The molecule has 0 bridgehead atoms. The maximum absolute atomic E-state index is 12.6. The van der Waals surface area contributed by atoms with Crippen LogP contribution in [0.25, 0.3) is 16.6 Å². The summed E-state index contributed by atoms with van der Waals surface area (Å²) in [7, 11) is 1.60. The number of carbonyl (C=O) groups is 1. The molecular weight excluding hydrogens is 394 g/mol. The Morgan fingerprint density at radius 3 is 2.81 bits per heavy atom. The molecule has 0 fully saturated rings. The van der Waals surface area contributed by atoms with E-state index in [2.05, 4.69) is 15.4 Å². The van der Waals surface area contributed by atoms with E-state index >= 15 is 0 Å². The van der Waals surface area contributed by atoms with Gasteiger partial charge in [-0.15, -0.1) is 0 Å². The molecule has 0 saturated carbocycles. The van der Waals surface area contributed by atoms with Gasteiger partial charge < -0.3 is 14.8 Å². The van der Waals surface area contributed by atoms with Crippen LogP contribution in [0.1, 0.15) is 23.4 Å². The number of benzene rings is 1. The van der Waals surface area contributed by atoms with Crippen molar-refractivity contribution < 1.29 is 14.3 Å². The van der Waals surface area contributed by atoms with E-state index in [1.54, 1.807) is 25.4 Å². The normalized spacial score (nSPS) is 11.2. The number of aryl methyl sites for hydroxylation is 2. The fraction of sp³-hybridized carbons (Fsp3) is 0.304. The number of nitrogens with one attached hydrogen (secondary N) is 1. The summed E-state index contributed by atoms with van der Waals surface area (Å²) >= 11 is 0. The predicted molar refractivity (Wildman–Crippen MR) is 119 cm³/mol. The third-order valence-corrected chi connectivity index (χ3v) is 5.19. The van der Waals surface area contributed by atoms with Gasteiger partial charge in [0.1, 0.15) is 12.3 Å². The summed E-state index contributed by atoms with van der Waals surface area (Å²) in [6.07, 6.45) is 2.49. The zero-order chi connectivity index (χ0) is 21.8. The number of anilines is 1. The van der Waals surface area contributed by atoms with Crippen molar-refractivity contribution in [3.05, 3.63) is 59.5 Å². The number of pyridine rings is 1. The molecule has 0 saturated heterocycles. The largest absolute Gasteiger partial charge is 0.474 e. The molecular formula is C23H25N5O3. The van der Waals surface area contributed by atoms with Crippen LogP contribution in [0.3, 0.4) is 0 Å². The number of fused-ring (bicyclic) bond motifs is 3. The fourth-order valence-corrected chi connectivity index (χ4v) is 3.61. The van der Waals surface area contributed by atoms with Crippen LogP contribution in [0.5, 0.6) is 5.88 Å². The Kier molecular flexibility index (Phi) is 6.08. The van der Waals surface area contributed by atoms with Gasteiger partial charge in [0.05, 0.1) is 12.1 Å². The molecule has 31 heavy (non-hydrogen) atoms. The number of amides is 1. The molecule has 0 aliphatic rings. The van der Waals surface area contributed by atoms with Gasteiger partial charge in [-0.3, -0.25) is 4.79 Å². The summed E-state index contributed by atoms with van der Waals surface area (Å²) in [5, 5.41) is 8.60. The molecule has 4 rings (SSSR count). The Balaban J connectivity index is 1.49. The van der Waals surface area contributed by atoms with Crippen molar-refractivity contribution in [1.29, 1.82) is 0 Å². The lowest BCUT2D eigenvalue weighted by Gasteiger charge is -2.13. The Morgan fingerprint density at radius 2 is 1.97 bits per heavy atom. The van der Waals surface area contributed by atoms with E-state index in [0.717, 1.165) is 33.5 Å². The molecule has 3 aromatic heterocycles. The standard InChI is InChI=1S/C23H25N5O3/c1-15-17(16(2)28-22(25-15)18-7-4-5-8-19(18)27-28)10-11-21(29)26-20-9-6-12-24-23(20)31-14-13-30-3/h4-9,12H,10-11,13-14H2,1-3H3,(H,26,29). The average Bonchev–Trinajstić information content (AvgIpc) is 3.14. The molecule has 0 spiro atoms. The van der Waals surface area contributed by atoms with Gasteiger partial charge in [-0.25, -0.2) is 14.5 Å². The second kappa shape index (κ2) is 9.09. The lowest BCUT2D eigenvalue weighted by atomic mass is 10.1. The minimum Gasteiger partial charge on any atom is -0.474 e. The Morgan fingerprint density at radius 1 is 1.13 bits per heavy atom. The minimum atomic E-state index is -0.117. The molecule has 1 N–H and O–H groups in total. The van der Waals surface area contributed by atoms with E-state index in [4.69, 9.17) is 14.5 Å². The highest BCUT2D eigenvalue weighted by atomic mass is 16.5. The van der Waals surface area contributed by atoms with Gasteiger partial charge >= 0.3 is 0 Å². The molecule has 4 aromatic rings. The SMILES string of the molecule is COCCOc1ncccc1NC(=O)CCc1c(C)nc2c3ccccc3nn2c1C. The summed E-state index contributed by atoms with van der Waals surface area (Å²) in [5.74, 6) is 0.265. The van der Waals surface area contributed by atoms with Gasteiger partial charge in [-0.1, -0.05) is 12.1 Å². The van der Waals surface area contributed by atoms with Crippen molar-refractivity contribution in [3.63, 3.8) is 0 Å². The highest BCUT2D eigenvalue weighted by Crippen LogP contribution is 2.24. The predicted octanol–water partition coefficient (Wildman–Crippen LogP) is 3.49. The first-order chi connectivity index (χ1) is 15.1. The van der Waals surface area contributed by atoms with E-state index in [1.165, 1.54) is 0 Å². The van der Waals surface area contributed by atoms with Crippen molar-refractivity contribution in [2.24, 2.45) is 0 Å². The number of hydrogen-bond acceptors (Lipinski definition) is 6. The van der Waals surface area contributed by atoms with Crippen LogP contribution >= 0.6 is 0 Å². The number of rotatable bonds is 8. The Bertz CT molecular complexity index is 1230. The van der Waals surface area contributed by atoms with Crippen LogP contribution in [-0.4, -0.2) is 45.8 Å². The lowest BCUT2D eigenvalue weighted by molar-refractivity contribution is -0.116. The van der Waals surface area contributed by atoms with E-state index < -0.39 is 0 Å². The number of aromatic nitrogens is 4. The van der Waals surface area contributed by atoms with Crippen LogP contribution in [0, 0.1) is 13.8 Å². The van der Waals surface area contributed by atoms with Gasteiger partial charge in [0, 0.05) is 36.5 Å². The van der Waals surface area contributed by atoms with Gasteiger partial charge in [-0.2, -0.15) is 5.10 Å². The van der Waals surface area contributed by atoms with Crippen LogP contribution < -0.4 is 10.1 Å². The third kappa shape index (κ3) is 4.34. The Hall–Kier alpha value is -3.52. The maximum Gasteiger partial charge on any atom is 0.237 e. The molecule has 8 nitrogen and oxygen atoms in total. The van der Waals surface area contributed by atoms with E-state index in [-0.39, 0.29) is 5.91 Å². The quantitative estimate of drug-likeness (QED) is 0.440. The molecule has 0 atom stereocenters. The number of nitrogens with zero attached hydrogens (tertiary/aromatic N) is 4. The Labute approximate surface area is 180 Å². The first kappa shape index (κ1) is 20.7. The molecule has 1 amide bonds. The highest BCUT2D eigenvalue weighted by molar-refractivity contribution is 5.93. The number of carbonyl (C=O) groups excluding carboxylic acids is 1. The van der Waals surface area contributed by atoms with Crippen LogP contribution in [0.15, 0.2) is 42.6 Å². The lowest BCUT2D eigenvalue weighted by Crippen LogP contribution is -2.16. The second-order valence-corrected chi connectivity index (χ2v) is 7.26. The molecule has 3 heterocycles. The minimum absolute atomic E-state index is 0.117. The van der Waals surface area contributed by atoms with E-state index in [9.17, 15) is 4.79 Å². The molecule has 0 radical (unpaired) electrons. The first-order valence-corrected chi connectivity index (χ1v) is 10.2. The second-order valence-electron chi connectivity index (χ2n) is 7.26. The smallest absolute Gasteiger partial charge is 0.237 e. The van der Waals surface area contributed by atoms with E-state index in [0.29, 0.717) is 37.6 Å². The van der Waals surface area contributed by atoms with Crippen molar-refractivity contribution in [2.75, 3.05) is 25.6 Å². The van der Waals surface area contributed by atoms with Crippen molar-refractivity contribution in [1.82, 2.24) is 19.6 Å². The molecule has 0 aliphatic heterocycles. The van der Waals surface area contributed by atoms with Crippen LogP contribution in [0.2, 0.25) is 0 Å². The summed E-state index contributed by atoms with van der Waals surface area (Å²) in [6, 6.07) is 11.5. The number of hydrogen-bond donors (Lipinski definition) is 1. The molecule has 8 heteroatoms. The van der Waals surface area contributed by atoms with Crippen molar-refractivity contribution >= 4 is 28.1 Å². The summed E-state index contributed by atoms with van der Waals surface area (Å²) in [6.45, 7) is 4.80. The van der Waals surface area contributed by atoms with Crippen LogP contribution in [-0.2, 0) is 16.0 Å². The van der Waals surface area contributed by atoms with Crippen LogP contribution in [0.4, 0.5) is 5.69 Å². The summed E-state index contributed by atoms with van der Waals surface area (Å²) in [4.78, 5) is 21.6. The maximum atomic E-state index is 12.6. The van der Waals surface area contributed by atoms with Crippen molar-refractivity contribution in [3.8, 4) is 5.88 Å². The zero-order valence-electron chi connectivity index (χ0n) is 17.9. The number of ether oxygens (including phenoxy) is 2. The molecule has 160 valence electrons. The average molecular weight is 419 g/mol. The summed E-state index contributed by atoms with van der Waals surface area (Å²) < 4.78 is 12.4. The van der Waals surface area contributed by atoms with E-state index in [1.807, 2.05) is 42.6 Å². The molecule has 0 unspecified atom stereocenters. The zero-order valence-corrected chi connectivity index (χ0v) is 17.9. The van der Waals surface area contributed by atoms with Gasteiger partial charge in [0.25, 0.3) is 0 Å². The monoisotopic (exact) mass is 419 g/mol. The molecule has 1 aromatic carbocycles. The fourth-order valence-electron chi connectivity index (χ4n) is 3.61. The third-order valence-electron chi connectivity index (χ3n) is 5.19. The summed E-state index contributed by atoms with van der Waals surface area (Å²) in [5.41, 5.74) is 5.23.